The van der Waals surface area contributed by atoms with Gasteiger partial charge in [0.1, 0.15) is 17.1 Å². The van der Waals surface area contributed by atoms with Crippen molar-refractivity contribution >= 4 is 12.1 Å². The van der Waals surface area contributed by atoms with Gasteiger partial charge in [-0.3, -0.25) is 4.79 Å². The van der Waals surface area contributed by atoms with Crippen molar-refractivity contribution in [2.45, 2.75) is 38.4 Å². The van der Waals surface area contributed by atoms with Gasteiger partial charge < -0.3 is 19.9 Å². The van der Waals surface area contributed by atoms with Crippen molar-refractivity contribution in [1.82, 2.24) is 0 Å². The molecule has 0 unspecified atom stereocenters. The minimum Gasteiger partial charge on any atom is -0.465 e. The molecular weight excluding hydrogens is 226 g/mol. The molecule has 17 heavy (non-hydrogen) atoms. The van der Waals surface area contributed by atoms with Gasteiger partial charge in [-0.1, -0.05) is 0 Å². The third-order valence-corrected chi connectivity index (χ3v) is 3.70. The fourth-order valence-corrected chi connectivity index (χ4v) is 2.55. The Morgan fingerprint density at radius 1 is 1.65 bits per heavy atom. The maximum atomic E-state index is 11.9. The predicted molar refractivity (Wildman–Crippen MR) is 57.1 cm³/mol. The van der Waals surface area contributed by atoms with Crippen LogP contribution in [0.25, 0.3) is 0 Å². The van der Waals surface area contributed by atoms with Crippen LogP contribution in [0.3, 0.4) is 0 Å². The Labute approximate surface area is 99.4 Å². The highest BCUT2D eigenvalue weighted by atomic mass is 16.6. The van der Waals surface area contributed by atoms with Crippen molar-refractivity contribution in [3.8, 4) is 0 Å². The highest BCUT2D eigenvalue weighted by molar-refractivity contribution is 5.81. The first-order valence-electron chi connectivity index (χ1n) is 5.67. The third kappa shape index (κ3) is 1.97. The van der Waals surface area contributed by atoms with Gasteiger partial charge in [0.25, 0.3) is 0 Å². The number of carbonyl (C=O) groups is 2. The third-order valence-electron chi connectivity index (χ3n) is 3.70. The number of rotatable bonds is 4. The minimum absolute atomic E-state index is 0.266. The Hall–Kier alpha value is -1.30. The zero-order valence-electron chi connectivity index (χ0n) is 10.0. The molecule has 2 aliphatic heterocycles. The molecule has 0 saturated carbocycles. The largest absolute Gasteiger partial charge is 0.465 e. The molecule has 2 heterocycles. The molecule has 6 heteroatoms. The average Bonchev–Trinajstić information content (AvgIpc) is 2.84. The molecule has 2 fully saturated rings. The molecule has 0 aromatic carbocycles. The highest BCUT2D eigenvalue weighted by Gasteiger charge is 2.65. The standard InChI is InChI=1S/C11H17NO5/c1-7(17-9(12)14)5-11(10(2)6-16-10)3-4-15-8(11)13/h7H,3-6H2,1-2H3,(H2,12,14)/t7-,10-,11+/m0/s1. The van der Waals surface area contributed by atoms with E-state index < -0.39 is 23.2 Å². The SMILES string of the molecule is C[C@@H](C[C@]1([C@]2(C)CO2)CCOC1=O)OC(N)=O. The first-order chi connectivity index (χ1) is 7.90. The molecule has 2 aliphatic rings. The fraction of sp³-hybridized carbons (Fsp3) is 0.818. The molecule has 0 aliphatic carbocycles. The first kappa shape index (κ1) is 12.2. The van der Waals surface area contributed by atoms with Crippen molar-refractivity contribution in [2.75, 3.05) is 13.2 Å². The van der Waals surface area contributed by atoms with Crippen molar-refractivity contribution in [3.63, 3.8) is 0 Å². The Kier molecular flexibility index (Phi) is 2.77. The van der Waals surface area contributed by atoms with Crippen LogP contribution in [0, 0.1) is 5.41 Å². The van der Waals surface area contributed by atoms with Gasteiger partial charge >= 0.3 is 12.1 Å². The van der Waals surface area contributed by atoms with Gasteiger partial charge in [-0.25, -0.2) is 4.79 Å². The van der Waals surface area contributed by atoms with Crippen molar-refractivity contribution < 1.29 is 23.8 Å². The first-order valence-corrected chi connectivity index (χ1v) is 5.67. The number of hydrogen-bond acceptors (Lipinski definition) is 5. The summed E-state index contributed by atoms with van der Waals surface area (Å²) in [5, 5.41) is 0. The molecule has 2 N–H and O–H groups in total. The van der Waals surface area contributed by atoms with E-state index in [0.717, 1.165) is 0 Å². The van der Waals surface area contributed by atoms with E-state index in [1.165, 1.54) is 0 Å². The number of carbonyl (C=O) groups excluding carboxylic acids is 2. The van der Waals surface area contributed by atoms with E-state index in [2.05, 4.69) is 0 Å². The van der Waals surface area contributed by atoms with Gasteiger partial charge in [-0.05, 0) is 13.8 Å². The number of epoxide rings is 1. The van der Waals surface area contributed by atoms with Gasteiger partial charge in [0.05, 0.1) is 13.2 Å². The van der Waals surface area contributed by atoms with Gasteiger partial charge in [-0.15, -0.1) is 0 Å². The van der Waals surface area contributed by atoms with E-state index in [9.17, 15) is 9.59 Å². The van der Waals surface area contributed by atoms with Crippen LogP contribution < -0.4 is 5.73 Å². The number of primary amides is 1. The monoisotopic (exact) mass is 243 g/mol. The number of nitrogens with two attached hydrogens (primary N) is 1. The summed E-state index contributed by atoms with van der Waals surface area (Å²) >= 11 is 0. The zero-order chi connectivity index (χ0) is 12.7. The summed E-state index contributed by atoms with van der Waals surface area (Å²) in [6, 6.07) is 0. The average molecular weight is 243 g/mol. The van der Waals surface area contributed by atoms with E-state index in [0.29, 0.717) is 26.1 Å². The van der Waals surface area contributed by atoms with Crippen LogP contribution >= 0.6 is 0 Å². The summed E-state index contributed by atoms with van der Waals surface area (Å²) in [4.78, 5) is 22.6. The van der Waals surface area contributed by atoms with Crippen LogP contribution in [0.4, 0.5) is 4.79 Å². The fourth-order valence-electron chi connectivity index (χ4n) is 2.55. The normalized spacial score (nSPS) is 37.4. The lowest BCUT2D eigenvalue weighted by Crippen LogP contribution is -2.43. The number of hydrogen-bond donors (Lipinski definition) is 1. The molecule has 0 radical (unpaired) electrons. The van der Waals surface area contributed by atoms with E-state index in [-0.39, 0.29) is 5.97 Å². The predicted octanol–water partition coefficient (Wildman–Crippen LogP) is 0.583. The maximum absolute atomic E-state index is 11.9. The lowest BCUT2D eigenvalue weighted by molar-refractivity contribution is -0.151. The van der Waals surface area contributed by atoms with Gasteiger partial charge in [0, 0.05) is 12.8 Å². The van der Waals surface area contributed by atoms with E-state index in [1.54, 1.807) is 6.92 Å². The summed E-state index contributed by atoms with van der Waals surface area (Å²) in [5.74, 6) is -0.266. The summed E-state index contributed by atoms with van der Waals surface area (Å²) in [7, 11) is 0. The van der Waals surface area contributed by atoms with Gasteiger partial charge in [-0.2, -0.15) is 0 Å². The van der Waals surface area contributed by atoms with E-state index >= 15 is 0 Å². The second kappa shape index (κ2) is 3.87. The quantitative estimate of drug-likeness (QED) is 0.576. The molecule has 96 valence electrons. The molecule has 0 aromatic rings. The highest BCUT2D eigenvalue weighted by Crippen LogP contribution is 2.53. The summed E-state index contributed by atoms with van der Waals surface area (Å²) in [6.07, 6.45) is -0.292. The molecule has 3 atom stereocenters. The molecular formula is C11H17NO5. The minimum atomic E-state index is -0.833. The number of ether oxygens (including phenoxy) is 3. The number of cyclic esters (lactones) is 1. The van der Waals surface area contributed by atoms with Crippen molar-refractivity contribution in [1.29, 1.82) is 0 Å². The molecule has 0 spiro atoms. The number of amides is 1. The Bertz CT molecular complexity index is 352. The molecule has 0 bridgehead atoms. The topological polar surface area (TPSA) is 91.2 Å². The van der Waals surface area contributed by atoms with E-state index in [4.69, 9.17) is 19.9 Å². The molecule has 2 rings (SSSR count). The van der Waals surface area contributed by atoms with Crippen LogP contribution in [0.2, 0.25) is 0 Å². The second-order valence-electron chi connectivity index (χ2n) is 4.94. The summed E-state index contributed by atoms with van der Waals surface area (Å²) in [6.45, 7) is 4.52. The Morgan fingerprint density at radius 2 is 2.29 bits per heavy atom. The molecule has 1 amide bonds. The Morgan fingerprint density at radius 3 is 2.71 bits per heavy atom. The van der Waals surface area contributed by atoms with Crippen LogP contribution in [0.5, 0.6) is 0 Å². The van der Waals surface area contributed by atoms with Crippen LogP contribution in [-0.2, 0) is 19.0 Å². The van der Waals surface area contributed by atoms with Crippen molar-refractivity contribution in [2.24, 2.45) is 11.1 Å². The molecule has 2 saturated heterocycles. The summed E-state index contributed by atoms with van der Waals surface area (Å²) < 4.78 is 15.3. The lowest BCUT2D eigenvalue weighted by Gasteiger charge is -2.31. The van der Waals surface area contributed by atoms with Crippen LogP contribution in [-0.4, -0.2) is 37.0 Å². The van der Waals surface area contributed by atoms with Gasteiger partial charge in [0.2, 0.25) is 0 Å². The lowest BCUT2D eigenvalue weighted by atomic mass is 9.71. The zero-order valence-corrected chi connectivity index (χ0v) is 10.0. The smallest absolute Gasteiger partial charge is 0.404 e. The van der Waals surface area contributed by atoms with Crippen molar-refractivity contribution in [3.05, 3.63) is 0 Å². The molecule has 6 nitrogen and oxygen atoms in total. The van der Waals surface area contributed by atoms with Crippen LogP contribution in [0.1, 0.15) is 26.7 Å². The van der Waals surface area contributed by atoms with Gasteiger partial charge in [0.15, 0.2) is 0 Å². The van der Waals surface area contributed by atoms with Crippen LogP contribution in [0.15, 0.2) is 0 Å². The Balaban J connectivity index is 2.12. The maximum Gasteiger partial charge on any atom is 0.404 e. The summed E-state index contributed by atoms with van der Waals surface area (Å²) in [5.41, 5.74) is 3.76. The molecule has 0 aromatic heterocycles. The van der Waals surface area contributed by atoms with E-state index in [1.807, 2.05) is 6.92 Å². The second-order valence-corrected chi connectivity index (χ2v) is 4.94. The number of esters is 1.